The van der Waals surface area contributed by atoms with Gasteiger partial charge in [0.05, 0.1) is 22.4 Å². The smallest absolute Gasteiger partial charge is 0.275 e. The van der Waals surface area contributed by atoms with E-state index in [2.05, 4.69) is 5.10 Å². The van der Waals surface area contributed by atoms with Crippen molar-refractivity contribution in [1.82, 2.24) is 10.5 Å². The van der Waals surface area contributed by atoms with Gasteiger partial charge in [-0.2, -0.15) is 5.10 Å². The van der Waals surface area contributed by atoms with Crippen molar-refractivity contribution in [2.24, 2.45) is 5.10 Å². The maximum absolute atomic E-state index is 13.9. The molecule has 0 aliphatic rings. The maximum Gasteiger partial charge on any atom is 0.275 e. The van der Waals surface area contributed by atoms with E-state index in [1.54, 1.807) is 12.1 Å². The standard InChI is InChI=1S/C16H12ClF2N3O3/c1-22(16(24)10-4-2-3-5-12(10)17)20-8-11-13(18)6-9(7-14(11)19)15(23)21-25/h2-8,25H,1H3,(H,21,23). The quantitative estimate of drug-likeness (QED) is 0.495. The Hall–Kier alpha value is -2.84. The Kier molecular flexibility index (Phi) is 5.79. The summed E-state index contributed by atoms with van der Waals surface area (Å²) in [6.07, 6.45) is 0.806. The van der Waals surface area contributed by atoms with Gasteiger partial charge in [-0.15, -0.1) is 0 Å². The number of hydrogen-bond acceptors (Lipinski definition) is 4. The average molecular weight is 368 g/mol. The van der Waals surface area contributed by atoms with Crippen LogP contribution in [0.2, 0.25) is 5.02 Å². The van der Waals surface area contributed by atoms with E-state index in [1.807, 2.05) is 0 Å². The lowest BCUT2D eigenvalue weighted by Crippen LogP contribution is -2.22. The van der Waals surface area contributed by atoms with Crippen molar-refractivity contribution in [3.05, 3.63) is 69.7 Å². The lowest BCUT2D eigenvalue weighted by atomic mass is 10.1. The highest BCUT2D eigenvalue weighted by atomic mass is 35.5. The zero-order valence-electron chi connectivity index (χ0n) is 12.8. The molecule has 6 nitrogen and oxygen atoms in total. The number of amides is 2. The molecule has 0 bridgehead atoms. The first-order valence-electron chi connectivity index (χ1n) is 6.85. The Morgan fingerprint density at radius 1 is 1.24 bits per heavy atom. The number of carbonyl (C=O) groups is 2. The molecule has 0 atom stereocenters. The molecule has 0 aromatic heterocycles. The highest BCUT2D eigenvalue weighted by Crippen LogP contribution is 2.17. The second-order valence-corrected chi connectivity index (χ2v) is 5.25. The second kappa shape index (κ2) is 7.82. The summed E-state index contributed by atoms with van der Waals surface area (Å²) >= 11 is 5.91. The van der Waals surface area contributed by atoms with Gasteiger partial charge in [0.25, 0.3) is 11.8 Å². The highest BCUT2D eigenvalue weighted by molar-refractivity contribution is 6.33. The molecule has 2 aromatic rings. The molecule has 2 amide bonds. The van der Waals surface area contributed by atoms with E-state index in [4.69, 9.17) is 16.8 Å². The Labute approximate surface area is 146 Å². The summed E-state index contributed by atoms with van der Waals surface area (Å²) in [7, 11) is 1.30. The summed E-state index contributed by atoms with van der Waals surface area (Å²) in [6, 6.07) is 7.73. The molecule has 9 heteroatoms. The van der Waals surface area contributed by atoms with E-state index >= 15 is 0 Å². The van der Waals surface area contributed by atoms with Crippen molar-refractivity contribution in [1.29, 1.82) is 0 Å². The van der Waals surface area contributed by atoms with Crippen LogP contribution in [0.4, 0.5) is 8.78 Å². The third-order valence-corrected chi connectivity index (χ3v) is 3.53. The van der Waals surface area contributed by atoms with Gasteiger partial charge in [-0.3, -0.25) is 14.8 Å². The molecule has 0 fully saturated rings. The molecule has 0 radical (unpaired) electrons. The van der Waals surface area contributed by atoms with Gasteiger partial charge in [0.2, 0.25) is 0 Å². The highest BCUT2D eigenvalue weighted by Gasteiger charge is 2.16. The van der Waals surface area contributed by atoms with E-state index in [0.29, 0.717) is 0 Å². The molecule has 0 spiro atoms. The van der Waals surface area contributed by atoms with Crippen LogP contribution in [0.3, 0.4) is 0 Å². The summed E-state index contributed by atoms with van der Waals surface area (Å²) in [4.78, 5) is 23.4. The monoisotopic (exact) mass is 367 g/mol. The number of benzene rings is 2. The fourth-order valence-corrected chi connectivity index (χ4v) is 2.13. The van der Waals surface area contributed by atoms with Crippen LogP contribution in [0.5, 0.6) is 0 Å². The van der Waals surface area contributed by atoms with Crippen LogP contribution >= 0.6 is 11.6 Å². The largest absolute Gasteiger partial charge is 0.288 e. The molecule has 0 saturated heterocycles. The number of rotatable bonds is 4. The molecular weight excluding hydrogens is 356 g/mol. The molecule has 25 heavy (non-hydrogen) atoms. The number of hydroxylamine groups is 1. The van der Waals surface area contributed by atoms with Crippen molar-refractivity contribution in [2.75, 3.05) is 7.05 Å². The molecule has 2 aromatic carbocycles. The second-order valence-electron chi connectivity index (χ2n) is 4.85. The van der Waals surface area contributed by atoms with Crippen LogP contribution in [-0.2, 0) is 0 Å². The van der Waals surface area contributed by atoms with E-state index in [-0.39, 0.29) is 10.6 Å². The molecule has 0 aliphatic carbocycles. The number of carbonyl (C=O) groups excluding carboxylic acids is 2. The van der Waals surface area contributed by atoms with Gasteiger partial charge >= 0.3 is 0 Å². The number of hydrazone groups is 1. The van der Waals surface area contributed by atoms with Crippen molar-refractivity contribution in [2.45, 2.75) is 0 Å². The summed E-state index contributed by atoms with van der Waals surface area (Å²) in [5, 5.41) is 13.3. The van der Waals surface area contributed by atoms with Gasteiger partial charge < -0.3 is 0 Å². The van der Waals surface area contributed by atoms with Crippen LogP contribution < -0.4 is 5.48 Å². The topological polar surface area (TPSA) is 82.0 Å². The predicted molar refractivity (Wildman–Crippen MR) is 86.8 cm³/mol. The van der Waals surface area contributed by atoms with E-state index in [0.717, 1.165) is 23.4 Å². The fourth-order valence-electron chi connectivity index (χ4n) is 1.91. The number of nitrogens with one attached hydrogen (secondary N) is 1. The van der Waals surface area contributed by atoms with Gasteiger partial charge in [0, 0.05) is 12.6 Å². The predicted octanol–water partition coefficient (Wildman–Crippen LogP) is 2.84. The number of halogens is 3. The van der Waals surface area contributed by atoms with E-state index in [1.165, 1.54) is 24.7 Å². The van der Waals surface area contributed by atoms with Gasteiger partial charge in [-0.25, -0.2) is 19.3 Å². The molecule has 2 rings (SSSR count). The van der Waals surface area contributed by atoms with Gasteiger partial charge in [0.15, 0.2) is 0 Å². The number of hydrogen-bond donors (Lipinski definition) is 2. The minimum Gasteiger partial charge on any atom is -0.288 e. The first-order valence-corrected chi connectivity index (χ1v) is 7.23. The first-order chi connectivity index (χ1) is 11.8. The zero-order valence-corrected chi connectivity index (χ0v) is 13.6. The lowest BCUT2D eigenvalue weighted by molar-refractivity contribution is 0.0705. The van der Waals surface area contributed by atoms with E-state index in [9.17, 15) is 18.4 Å². The van der Waals surface area contributed by atoms with E-state index < -0.39 is 34.6 Å². The third-order valence-electron chi connectivity index (χ3n) is 3.20. The lowest BCUT2D eigenvalue weighted by Gasteiger charge is -2.12. The molecule has 0 saturated carbocycles. The zero-order chi connectivity index (χ0) is 18.6. The van der Waals surface area contributed by atoms with Crippen LogP contribution in [0.1, 0.15) is 26.3 Å². The minimum atomic E-state index is -1.08. The molecular formula is C16H12ClF2N3O3. The molecule has 130 valence electrons. The average Bonchev–Trinajstić information content (AvgIpc) is 2.59. The fraction of sp³-hybridized carbons (Fsp3) is 0.0625. The summed E-state index contributed by atoms with van der Waals surface area (Å²) < 4.78 is 27.9. The molecule has 0 heterocycles. The minimum absolute atomic E-state index is 0.180. The van der Waals surface area contributed by atoms with Gasteiger partial charge in [-0.05, 0) is 24.3 Å². The molecule has 0 aliphatic heterocycles. The van der Waals surface area contributed by atoms with Crippen molar-refractivity contribution < 1.29 is 23.6 Å². The Morgan fingerprint density at radius 3 is 2.40 bits per heavy atom. The summed E-state index contributed by atoms with van der Waals surface area (Å²) in [6.45, 7) is 0. The third kappa shape index (κ3) is 4.17. The van der Waals surface area contributed by atoms with Crippen LogP contribution in [-0.4, -0.2) is 35.3 Å². The summed E-state index contributed by atoms with van der Waals surface area (Å²) in [5.74, 6) is -3.80. The summed E-state index contributed by atoms with van der Waals surface area (Å²) in [5.41, 5.74) is 0.498. The Bertz CT molecular complexity index is 835. The first kappa shape index (κ1) is 18.5. The van der Waals surface area contributed by atoms with Crippen molar-refractivity contribution in [3.8, 4) is 0 Å². The SMILES string of the molecule is CN(N=Cc1c(F)cc(C(=O)NO)cc1F)C(=O)c1ccccc1Cl. The van der Waals surface area contributed by atoms with Gasteiger partial charge in [-0.1, -0.05) is 23.7 Å². The normalized spacial score (nSPS) is 10.8. The van der Waals surface area contributed by atoms with Crippen molar-refractivity contribution in [3.63, 3.8) is 0 Å². The van der Waals surface area contributed by atoms with Crippen molar-refractivity contribution >= 4 is 29.6 Å². The maximum atomic E-state index is 13.9. The molecule has 2 N–H and O–H groups in total. The Balaban J connectivity index is 2.25. The Morgan fingerprint density at radius 2 is 1.84 bits per heavy atom. The molecule has 0 unspecified atom stereocenters. The van der Waals surface area contributed by atoms with Crippen LogP contribution in [0.25, 0.3) is 0 Å². The number of nitrogens with zero attached hydrogens (tertiary/aromatic N) is 2. The van der Waals surface area contributed by atoms with Crippen LogP contribution in [0.15, 0.2) is 41.5 Å². The van der Waals surface area contributed by atoms with Crippen LogP contribution in [0, 0.1) is 11.6 Å². The van der Waals surface area contributed by atoms with Gasteiger partial charge in [0.1, 0.15) is 11.6 Å².